The van der Waals surface area contributed by atoms with E-state index in [1.807, 2.05) is 0 Å². The largest absolute Gasteiger partial charge is 0.378 e. The molecule has 0 aromatic carbocycles. The van der Waals surface area contributed by atoms with Crippen LogP contribution in [0.4, 0.5) is 0 Å². The molecule has 2 fully saturated rings. The van der Waals surface area contributed by atoms with Crippen LogP contribution in [0.2, 0.25) is 0 Å². The lowest BCUT2D eigenvalue weighted by Crippen LogP contribution is -2.51. The number of amides is 1. The maximum absolute atomic E-state index is 11.7. The van der Waals surface area contributed by atoms with Crippen LogP contribution in [0.5, 0.6) is 0 Å². The zero-order valence-corrected chi connectivity index (χ0v) is 9.29. The molecule has 4 nitrogen and oxygen atoms in total. The third-order valence-electron chi connectivity index (χ3n) is 3.26. The number of carbonyl (C=O) groups is 1. The fraction of sp³-hybridized carbons (Fsp3) is 0.909. The van der Waals surface area contributed by atoms with E-state index in [1.165, 1.54) is 12.8 Å². The topological polar surface area (TPSA) is 50.4 Å². The Balaban J connectivity index is 1.66. The Bertz CT molecular complexity index is 223. The summed E-state index contributed by atoms with van der Waals surface area (Å²) in [5, 5.41) is 6.14. The number of nitrogens with one attached hydrogen (secondary N) is 2. The van der Waals surface area contributed by atoms with Crippen molar-refractivity contribution in [1.29, 1.82) is 0 Å². The predicted molar refractivity (Wildman–Crippen MR) is 57.5 cm³/mol. The summed E-state index contributed by atoms with van der Waals surface area (Å²) in [6, 6.07) is -0.148. The molecule has 15 heavy (non-hydrogen) atoms. The Morgan fingerprint density at radius 1 is 1.60 bits per heavy atom. The van der Waals surface area contributed by atoms with Crippen molar-refractivity contribution in [3.05, 3.63) is 0 Å². The highest BCUT2D eigenvalue weighted by atomic mass is 16.5. The molecular weight excluding hydrogens is 192 g/mol. The molecule has 0 spiro atoms. The first kappa shape index (κ1) is 10.9. The minimum absolute atomic E-state index is 0.0854. The Morgan fingerprint density at radius 3 is 3.00 bits per heavy atom. The summed E-state index contributed by atoms with van der Waals surface area (Å²) in [4.78, 5) is 11.7. The fourth-order valence-corrected chi connectivity index (χ4v) is 1.95. The van der Waals surface area contributed by atoms with Gasteiger partial charge in [0.05, 0.1) is 13.2 Å². The van der Waals surface area contributed by atoms with Gasteiger partial charge in [-0.15, -0.1) is 0 Å². The van der Waals surface area contributed by atoms with Gasteiger partial charge in [0.15, 0.2) is 0 Å². The summed E-state index contributed by atoms with van der Waals surface area (Å²) in [5.74, 6) is 1.56. The molecule has 0 radical (unpaired) electrons. The maximum Gasteiger partial charge on any atom is 0.239 e. The quantitative estimate of drug-likeness (QED) is 0.697. The van der Waals surface area contributed by atoms with Crippen molar-refractivity contribution in [3.63, 3.8) is 0 Å². The van der Waals surface area contributed by atoms with Gasteiger partial charge in [0.25, 0.3) is 0 Å². The molecule has 2 unspecified atom stereocenters. The summed E-state index contributed by atoms with van der Waals surface area (Å²) in [6.45, 7) is 5.01. The Hall–Kier alpha value is -0.610. The average Bonchev–Trinajstić information content (AvgIpc) is 3.10. The summed E-state index contributed by atoms with van der Waals surface area (Å²) < 4.78 is 5.25. The van der Waals surface area contributed by atoms with Gasteiger partial charge in [0.2, 0.25) is 5.91 Å². The zero-order chi connectivity index (χ0) is 10.7. The third kappa shape index (κ3) is 3.18. The van der Waals surface area contributed by atoms with E-state index in [-0.39, 0.29) is 11.9 Å². The van der Waals surface area contributed by atoms with Crippen molar-refractivity contribution >= 4 is 5.91 Å². The molecule has 0 aromatic rings. The monoisotopic (exact) mass is 212 g/mol. The van der Waals surface area contributed by atoms with Gasteiger partial charge in [-0.3, -0.25) is 4.79 Å². The average molecular weight is 212 g/mol. The van der Waals surface area contributed by atoms with Crippen LogP contribution in [-0.4, -0.2) is 38.3 Å². The second kappa shape index (κ2) is 4.94. The van der Waals surface area contributed by atoms with Gasteiger partial charge in [-0.05, 0) is 24.7 Å². The van der Waals surface area contributed by atoms with Crippen LogP contribution in [0.15, 0.2) is 0 Å². The standard InChI is InChI=1S/C11H20N2O2/c1-8(9-2-3-9)6-13-11(14)10-7-15-5-4-12-10/h8-10,12H,2-7H2,1H3,(H,13,14). The molecule has 1 aliphatic carbocycles. The van der Waals surface area contributed by atoms with E-state index in [0.717, 1.165) is 19.0 Å². The number of carbonyl (C=O) groups excluding carboxylic acids is 1. The first-order chi connectivity index (χ1) is 7.27. The normalized spacial score (nSPS) is 28.5. The lowest BCUT2D eigenvalue weighted by molar-refractivity contribution is -0.126. The van der Waals surface area contributed by atoms with Crippen LogP contribution in [-0.2, 0) is 9.53 Å². The predicted octanol–water partition coefficient (Wildman–Crippen LogP) is 0.137. The smallest absolute Gasteiger partial charge is 0.239 e. The molecule has 2 aliphatic rings. The van der Waals surface area contributed by atoms with Gasteiger partial charge in [0, 0.05) is 13.1 Å². The summed E-state index contributed by atoms with van der Waals surface area (Å²) >= 11 is 0. The summed E-state index contributed by atoms with van der Waals surface area (Å²) in [7, 11) is 0. The minimum atomic E-state index is -0.148. The molecule has 1 aliphatic heterocycles. The fourth-order valence-electron chi connectivity index (χ4n) is 1.95. The van der Waals surface area contributed by atoms with Crippen LogP contribution in [0.1, 0.15) is 19.8 Å². The van der Waals surface area contributed by atoms with E-state index in [1.54, 1.807) is 0 Å². The van der Waals surface area contributed by atoms with E-state index in [0.29, 0.717) is 19.1 Å². The molecule has 2 rings (SSSR count). The van der Waals surface area contributed by atoms with Crippen LogP contribution in [0.3, 0.4) is 0 Å². The van der Waals surface area contributed by atoms with Crippen LogP contribution in [0.25, 0.3) is 0 Å². The van der Waals surface area contributed by atoms with E-state index in [9.17, 15) is 4.79 Å². The molecule has 86 valence electrons. The maximum atomic E-state index is 11.7. The molecule has 2 atom stereocenters. The van der Waals surface area contributed by atoms with Gasteiger partial charge in [-0.2, -0.15) is 0 Å². The number of ether oxygens (including phenoxy) is 1. The van der Waals surface area contributed by atoms with Gasteiger partial charge in [-0.1, -0.05) is 6.92 Å². The highest BCUT2D eigenvalue weighted by Crippen LogP contribution is 2.35. The van der Waals surface area contributed by atoms with E-state index in [4.69, 9.17) is 4.74 Å². The second-order valence-electron chi connectivity index (χ2n) is 4.64. The third-order valence-corrected chi connectivity index (χ3v) is 3.26. The van der Waals surface area contributed by atoms with Crippen LogP contribution < -0.4 is 10.6 Å². The molecule has 0 aromatic heterocycles. The highest BCUT2D eigenvalue weighted by Gasteiger charge is 2.28. The van der Waals surface area contributed by atoms with Crippen molar-refractivity contribution in [3.8, 4) is 0 Å². The van der Waals surface area contributed by atoms with E-state index < -0.39 is 0 Å². The van der Waals surface area contributed by atoms with Gasteiger partial charge >= 0.3 is 0 Å². The van der Waals surface area contributed by atoms with Crippen molar-refractivity contribution in [1.82, 2.24) is 10.6 Å². The van der Waals surface area contributed by atoms with Crippen molar-refractivity contribution in [2.45, 2.75) is 25.8 Å². The van der Waals surface area contributed by atoms with Gasteiger partial charge in [0.1, 0.15) is 6.04 Å². The SMILES string of the molecule is CC(CNC(=O)C1COCCN1)C1CC1. The van der Waals surface area contributed by atoms with Crippen LogP contribution in [0, 0.1) is 11.8 Å². The molecular formula is C11H20N2O2. The van der Waals surface area contributed by atoms with E-state index in [2.05, 4.69) is 17.6 Å². The number of morpholine rings is 1. The van der Waals surface area contributed by atoms with Crippen molar-refractivity contribution in [2.75, 3.05) is 26.3 Å². The Labute approximate surface area is 90.8 Å². The Morgan fingerprint density at radius 2 is 2.40 bits per heavy atom. The second-order valence-corrected chi connectivity index (χ2v) is 4.64. The highest BCUT2D eigenvalue weighted by molar-refractivity contribution is 5.81. The molecule has 1 saturated carbocycles. The molecule has 1 heterocycles. The first-order valence-electron chi connectivity index (χ1n) is 5.86. The van der Waals surface area contributed by atoms with Crippen LogP contribution >= 0.6 is 0 Å². The molecule has 1 amide bonds. The van der Waals surface area contributed by atoms with Crippen molar-refractivity contribution < 1.29 is 9.53 Å². The molecule has 2 N–H and O–H groups in total. The number of rotatable bonds is 4. The number of hydrogen-bond acceptors (Lipinski definition) is 3. The molecule has 4 heteroatoms. The number of hydrogen-bond donors (Lipinski definition) is 2. The lowest BCUT2D eigenvalue weighted by atomic mass is 10.1. The molecule has 0 bridgehead atoms. The van der Waals surface area contributed by atoms with E-state index >= 15 is 0 Å². The zero-order valence-electron chi connectivity index (χ0n) is 9.29. The Kier molecular flexibility index (Phi) is 3.59. The summed E-state index contributed by atoms with van der Waals surface area (Å²) in [6.07, 6.45) is 2.67. The lowest BCUT2D eigenvalue weighted by Gasteiger charge is -2.23. The summed E-state index contributed by atoms with van der Waals surface area (Å²) in [5.41, 5.74) is 0. The molecule has 1 saturated heterocycles. The first-order valence-corrected chi connectivity index (χ1v) is 5.86. The van der Waals surface area contributed by atoms with Gasteiger partial charge in [-0.25, -0.2) is 0 Å². The van der Waals surface area contributed by atoms with Crippen molar-refractivity contribution in [2.24, 2.45) is 11.8 Å². The minimum Gasteiger partial charge on any atom is -0.378 e. The van der Waals surface area contributed by atoms with Gasteiger partial charge < -0.3 is 15.4 Å².